The topological polar surface area (TPSA) is 73.9 Å². The maximum Gasteiger partial charge on any atom is 0.338 e. The highest BCUT2D eigenvalue weighted by Crippen LogP contribution is 2.33. The van der Waals surface area contributed by atoms with Crippen molar-refractivity contribution in [2.75, 3.05) is 39.3 Å². The first-order valence-corrected chi connectivity index (χ1v) is 12.1. The van der Waals surface area contributed by atoms with Crippen molar-refractivity contribution in [3.05, 3.63) is 46.1 Å². The predicted octanol–water partition coefficient (Wildman–Crippen LogP) is 3.46. The minimum absolute atomic E-state index is 0.264. The molecule has 0 aromatic heterocycles. The number of hydrogen-bond acceptors (Lipinski definition) is 5. The number of urea groups is 1. The number of likely N-dealkylation sites (tertiary alicyclic amines) is 2. The van der Waals surface area contributed by atoms with Crippen LogP contribution in [0.3, 0.4) is 0 Å². The van der Waals surface area contributed by atoms with Gasteiger partial charge in [-0.05, 0) is 57.3 Å². The molecule has 1 aromatic rings. The molecule has 2 saturated heterocycles. The molecule has 3 heterocycles. The van der Waals surface area contributed by atoms with Gasteiger partial charge in [-0.15, -0.1) is 0 Å². The average Bonchev–Trinajstić information content (AvgIpc) is 2.80. The highest BCUT2D eigenvalue weighted by atomic mass is 35.5. The molecule has 0 saturated carbocycles. The van der Waals surface area contributed by atoms with Crippen LogP contribution in [0.4, 0.5) is 4.79 Å². The van der Waals surface area contributed by atoms with Crippen LogP contribution in [0.5, 0.6) is 0 Å². The average molecular weight is 461 g/mol. The molecule has 3 aliphatic heterocycles. The molecule has 0 bridgehead atoms. The second kappa shape index (κ2) is 10.7. The Morgan fingerprint density at radius 3 is 2.53 bits per heavy atom. The van der Waals surface area contributed by atoms with Crippen molar-refractivity contribution in [2.24, 2.45) is 0 Å². The maximum absolute atomic E-state index is 13.0. The molecule has 174 valence electrons. The molecule has 0 spiro atoms. The van der Waals surface area contributed by atoms with Crippen molar-refractivity contribution < 1.29 is 14.3 Å². The van der Waals surface area contributed by atoms with Gasteiger partial charge in [0.25, 0.3) is 0 Å². The number of benzene rings is 1. The van der Waals surface area contributed by atoms with Crippen molar-refractivity contribution in [1.29, 1.82) is 0 Å². The number of hydrogen-bond donors (Lipinski definition) is 2. The Balaban J connectivity index is 1.53. The summed E-state index contributed by atoms with van der Waals surface area (Å²) in [6, 6.07) is 6.94. The third kappa shape index (κ3) is 5.27. The van der Waals surface area contributed by atoms with Crippen LogP contribution < -0.4 is 10.6 Å². The van der Waals surface area contributed by atoms with E-state index in [0.717, 1.165) is 25.9 Å². The lowest BCUT2D eigenvalue weighted by Gasteiger charge is -2.41. The number of halogens is 1. The van der Waals surface area contributed by atoms with Gasteiger partial charge in [0, 0.05) is 36.4 Å². The van der Waals surface area contributed by atoms with Crippen molar-refractivity contribution in [3.8, 4) is 0 Å². The Labute approximate surface area is 195 Å². The third-order valence-electron chi connectivity index (χ3n) is 6.71. The Bertz CT molecular complexity index is 861. The Kier molecular flexibility index (Phi) is 7.71. The number of rotatable bonds is 6. The van der Waals surface area contributed by atoms with Gasteiger partial charge < -0.3 is 20.3 Å². The van der Waals surface area contributed by atoms with Gasteiger partial charge in [0.1, 0.15) is 0 Å². The number of nitrogens with one attached hydrogen (secondary N) is 2. The number of carbonyl (C=O) groups is 2. The second-order valence-electron chi connectivity index (χ2n) is 8.77. The summed E-state index contributed by atoms with van der Waals surface area (Å²) in [6.07, 6.45) is 6.18. The summed E-state index contributed by atoms with van der Waals surface area (Å²) in [5, 5.41) is 6.25. The molecular weight excluding hydrogens is 428 g/mol. The zero-order chi connectivity index (χ0) is 22.5. The fourth-order valence-corrected chi connectivity index (χ4v) is 5.33. The Morgan fingerprint density at radius 1 is 1.12 bits per heavy atom. The minimum atomic E-state index is -0.641. The molecule has 8 heteroatoms. The molecule has 1 atom stereocenters. The van der Waals surface area contributed by atoms with E-state index in [2.05, 4.69) is 20.4 Å². The molecule has 1 aromatic carbocycles. The van der Waals surface area contributed by atoms with Gasteiger partial charge in [0.05, 0.1) is 18.2 Å². The van der Waals surface area contributed by atoms with Gasteiger partial charge in [0.2, 0.25) is 0 Å². The lowest BCUT2D eigenvalue weighted by molar-refractivity contribution is -0.139. The van der Waals surface area contributed by atoms with Gasteiger partial charge in [-0.25, -0.2) is 9.59 Å². The van der Waals surface area contributed by atoms with Gasteiger partial charge in [-0.3, -0.25) is 4.90 Å². The summed E-state index contributed by atoms with van der Waals surface area (Å²) in [5.74, 6) is -0.428. The van der Waals surface area contributed by atoms with E-state index in [-0.39, 0.29) is 12.6 Å². The van der Waals surface area contributed by atoms with Crippen LogP contribution in [0.2, 0.25) is 5.02 Å². The van der Waals surface area contributed by atoms with Crippen molar-refractivity contribution in [2.45, 2.75) is 51.1 Å². The standard InChI is InChI=1S/C24H33ClN4O3/c1-2-32-23(30)21-20(26-24(31)27-22(21)18-8-4-5-9-19(18)25)16-28-14-10-17(11-15-28)29-12-6-3-7-13-29/h4-5,8-9,17,22H,2-3,6-7,10-16H2,1H3,(H2,26,27,31)/t22-/m0/s1. The largest absolute Gasteiger partial charge is 0.463 e. The zero-order valence-corrected chi connectivity index (χ0v) is 19.5. The molecule has 7 nitrogen and oxygen atoms in total. The van der Waals surface area contributed by atoms with Gasteiger partial charge in [0.15, 0.2) is 0 Å². The van der Waals surface area contributed by atoms with E-state index in [0.29, 0.717) is 34.4 Å². The van der Waals surface area contributed by atoms with Crippen LogP contribution in [-0.4, -0.2) is 67.2 Å². The number of nitrogens with zero attached hydrogens (tertiary/aromatic N) is 2. The number of ether oxygens (including phenoxy) is 1. The van der Waals surface area contributed by atoms with E-state index in [1.807, 2.05) is 18.2 Å². The van der Waals surface area contributed by atoms with Gasteiger partial charge in [-0.2, -0.15) is 0 Å². The zero-order valence-electron chi connectivity index (χ0n) is 18.7. The Morgan fingerprint density at radius 2 is 1.84 bits per heavy atom. The van der Waals surface area contributed by atoms with Crippen molar-refractivity contribution >= 4 is 23.6 Å². The predicted molar refractivity (Wildman–Crippen MR) is 124 cm³/mol. The number of esters is 1. The van der Waals surface area contributed by atoms with Crippen molar-refractivity contribution in [1.82, 2.24) is 20.4 Å². The monoisotopic (exact) mass is 460 g/mol. The molecule has 2 fully saturated rings. The van der Waals surface area contributed by atoms with Crippen LogP contribution in [0.1, 0.15) is 50.6 Å². The quantitative estimate of drug-likeness (QED) is 0.636. The first-order chi connectivity index (χ1) is 15.6. The van der Waals surface area contributed by atoms with Crippen LogP contribution in [-0.2, 0) is 9.53 Å². The summed E-state index contributed by atoms with van der Waals surface area (Å²) >= 11 is 6.42. The van der Waals surface area contributed by atoms with Crippen LogP contribution >= 0.6 is 11.6 Å². The van der Waals surface area contributed by atoms with Gasteiger partial charge >= 0.3 is 12.0 Å². The van der Waals surface area contributed by atoms with E-state index in [1.165, 1.54) is 32.4 Å². The van der Waals surface area contributed by atoms with E-state index in [4.69, 9.17) is 16.3 Å². The fraction of sp³-hybridized carbons (Fsp3) is 0.583. The normalized spacial score (nSPS) is 23.6. The van der Waals surface area contributed by atoms with E-state index in [1.54, 1.807) is 13.0 Å². The van der Waals surface area contributed by atoms with Crippen LogP contribution in [0.25, 0.3) is 0 Å². The summed E-state index contributed by atoms with van der Waals surface area (Å²) in [4.78, 5) is 30.5. The van der Waals surface area contributed by atoms with Crippen LogP contribution in [0, 0.1) is 0 Å². The first kappa shape index (κ1) is 23.1. The molecule has 4 rings (SSSR count). The molecule has 0 unspecified atom stereocenters. The SMILES string of the molecule is CCOC(=O)C1=C(CN2CCC(N3CCCCC3)CC2)NC(=O)N[C@H]1c1ccccc1Cl. The molecular formula is C24H33ClN4O3. The minimum Gasteiger partial charge on any atom is -0.463 e. The second-order valence-corrected chi connectivity index (χ2v) is 9.18. The summed E-state index contributed by atoms with van der Waals surface area (Å²) in [6.45, 7) is 6.87. The first-order valence-electron chi connectivity index (χ1n) is 11.7. The summed E-state index contributed by atoms with van der Waals surface area (Å²) in [5.41, 5.74) is 1.72. The Hall–Kier alpha value is -2.09. The molecule has 2 N–H and O–H groups in total. The lowest BCUT2D eigenvalue weighted by atomic mass is 9.94. The third-order valence-corrected chi connectivity index (χ3v) is 7.06. The maximum atomic E-state index is 13.0. The lowest BCUT2D eigenvalue weighted by Crippen LogP contribution is -2.51. The van der Waals surface area contributed by atoms with Crippen molar-refractivity contribution in [3.63, 3.8) is 0 Å². The molecule has 3 aliphatic rings. The fourth-order valence-electron chi connectivity index (χ4n) is 5.08. The smallest absolute Gasteiger partial charge is 0.338 e. The number of carbonyl (C=O) groups excluding carboxylic acids is 2. The highest BCUT2D eigenvalue weighted by Gasteiger charge is 2.36. The van der Waals surface area contributed by atoms with Gasteiger partial charge in [-0.1, -0.05) is 36.2 Å². The van der Waals surface area contributed by atoms with E-state index >= 15 is 0 Å². The molecule has 2 amide bonds. The molecule has 32 heavy (non-hydrogen) atoms. The number of piperidine rings is 2. The van der Waals surface area contributed by atoms with E-state index < -0.39 is 12.0 Å². The highest BCUT2D eigenvalue weighted by molar-refractivity contribution is 6.31. The summed E-state index contributed by atoms with van der Waals surface area (Å²) < 4.78 is 5.37. The molecule has 0 radical (unpaired) electrons. The van der Waals surface area contributed by atoms with Crippen LogP contribution in [0.15, 0.2) is 35.5 Å². The molecule has 0 aliphatic carbocycles. The summed E-state index contributed by atoms with van der Waals surface area (Å²) in [7, 11) is 0. The van der Waals surface area contributed by atoms with E-state index in [9.17, 15) is 9.59 Å². The number of amides is 2.